The molecule has 0 bridgehead atoms. The van der Waals surface area contributed by atoms with E-state index in [-0.39, 0.29) is 16.4 Å². The highest BCUT2D eigenvalue weighted by atomic mass is 35.5. The molecule has 3 rings (SSSR count). The molecule has 0 aliphatic carbocycles. The van der Waals surface area contributed by atoms with E-state index >= 15 is 0 Å². The number of benzene rings is 1. The van der Waals surface area contributed by atoms with E-state index in [9.17, 15) is 46.3 Å². The van der Waals surface area contributed by atoms with E-state index in [1.165, 1.54) is 13.0 Å². The first kappa shape index (κ1) is 29.9. The molecular weight excluding hydrogens is 619 g/mol. The van der Waals surface area contributed by atoms with Gasteiger partial charge in [0.25, 0.3) is 0 Å². The molecule has 0 saturated heterocycles. The normalized spacial score (nSPS) is 16.8. The molecule has 1 aliphatic rings. The maximum absolute atomic E-state index is 13.4. The summed E-state index contributed by atoms with van der Waals surface area (Å²) < 4.78 is 132. The van der Waals surface area contributed by atoms with Crippen LogP contribution in [0.15, 0.2) is 29.3 Å². The van der Waals surface area contributed by atoms with E-state index in [0.29, 0.717) is 17.5 Å². The third-order valence-electron chi connectivity index (χ3n) is 5.04. The quantitative estimate of drug-likeness (QED) is 0.328. The van der Waals surface area contributed by atoms with Gasteiger partial charge in [-0.2, -0.15) is 23.5 Å². The minimum absolute atomic E-state index is 0.160. The van der Waals surface area contributed by atoms with Gasteiger partial charge in [-0.15, -0.1) is 0 Å². The number of rotatable bonds is 8. The summed E-state index contributed by atoms with van der Waals surface area (Å²) in [6.07, 6.45) is -2.26. The summed E-state index contributed by atoms with van der Waals surface area (Å²) in [5, 5.41) is 13.8. The van der Waals surface area contributed by atoms with Crippen molar-refractivity contribution >= 4 is 55.0 Å². The predicted molar refractivity (Wildman–Crippen MR) is 127 cm³/mol. The molecule has 0 amide bonds. The lowest BCUT2D eigenvalue weighted by Crippen LogP contribution is -2.41. The fourth-order valence-electron chi connectivity index (χ4n) is 3.30. The summed E-state index contributed by atoms with van der Waals surface area (Å²) in [7, 11) is -15.0. The van der Waals surface area contributed by atoms with Crippen molar-refractivity contribution in [2.45, 2.75) is 24.2 Å². The summed E-state index contributed by atoms with van der Waals surface area (Å²) in [4.78, 5) is -0.887. The van der Waals surface area contributed by atoms with E-state index in [4.69, 9.17) is 23.2 Å². The van der Waals surface area contributed by atoms with Crippen LogP contribution in [0.2, 0.25) is 10.0 Å². The van der Waals surface area contributed by atoms with Gasteiger partial charge >= 0.3 is 16.4 Å². The van der Waals surface area contributed by atoms with Crippen LogP contribution in [0.5, 0.6) is 0 Å². The number of anilines is 2. The number of hydrogen-bond acceptors (Lipinski definition) is 6. The molecule has 0 fully saturated rings. The van der Waals surface area contributed by atoms with Gasteiger partial charge in [-0.05, 0) is 31.3 Å². The monoisotopic (exact) mass is 634 g/mol. The minimum atomic E-state index is -10.3. The lowest BCUT2D eigenvalue weighted by Gasteiger charge is -2.40. The van der Waals surface area contributed by atoms with Crippen molar-refractivity contribution < 1.29 is 41.0 Å². The van der Waals surface area contributed by atoms with Crippen LogP contribution in [0, 0.1) is 11.3 Å². The summed E-state index contributed by atoms with van der Waals surface area (Å²) in [6.45, 7) is -0.281. The van der Waals surface area contributed by atoms with Crippen LogP contribution in [0.4, 0.5) is 44.1 Å². The van der Waals surface area contributed by atoms with Crippen LogP contribution in [-0.4, -0.2) is 54.8 Å². The third-order valence-corrected chi connectivity index (χ3v) is 7.86. The highest BCUT2D eigenvalue weighted by Crippen LogP contribution is 3.02. The number of nitrogens with zero attached hydrogens (tertiary/aromatic N) is 5. The van der Waals surface area contributed by atoms with Crippen molar-refractivity contribution in [1.29, 1.82) is 5.26 Å². The summed E-state index contributed by atoms with van der Waals surface area (Å²) in [6, 6.07) is 1.11. The smallest absolute Gasteiger partial charge is 0.354 e. The van der Waals surface area contributed by atoms with Crippen LogP contribution < -0.4 is 9.62 Å². The van der Waals surface area contributed by atoms with Gasteiger partial charge in [0.15, 0.2) is 11.5 Å². The molecule has 0 saturated carbocycles. The Morgan fingerprint density at radius 3 is 2.11 bits per heavy atom. The zero-order valence-corrected chi connectivity index (χ0v) is 22.1. The van der Waals surface area contributed by atoms with Gasteiger partial charge in [0.2, 0.25) is 10.0 Å². The van der Waals surface area contributed by atoms with Gasteiger partial charge in [0.05, 0.1) is 22.5 Å². The number of sulfonamides is 1. The molecule has 20 heteroatoms. The first-order valence-corrected chi connectivity index (χ1v) is 14.5. The molecule has 8 nitrogen and oxygen atoms in total. The number of nitrogens with one attached hydrogen (secondary N) is 1. The van der Waals surface area contributed by atoms with E-state index in [0.717, 1.165) is 0 Å². The van der Waals surface area contributed by atoms with Gasteiger partial charge in [0, 0.05) is 6.54 Å². The Morgan fingerprint density at radius 2 is 1.74 bits per heavy atom. The standard InChI is InChI=1S/C18H16Cl2F8N6O2S2/c1-10(32-4-3-5-32)30-17-16(33(37(2,35)36)9-18(21,22)23)14(8-29)31-34(17)15-12(19)6-11(7-13(15)20)38(24,25,26,27)28/h3-4,6-7,10,30H,5,9H2,1-2H3. The third kappa shape index (κ3) is 6.33. The first-order valence-electron chi connectivity index (χ1n) is 9.93. The number of aromatic nitrogens is 2. The number of alkyl halides is 3. The molecule has 1 aliphatic heterocycles. The maximum Gasteiger partial charge on any atom is 0.407 e. The molecule has 1 aromatic heterocycles. The fraction of sp³-hybridized carbons (Fsp3) is 0.333. The first-order chi connectivity index (χ1) is 16.9. The Morgan fingerprint density at radius 1 is 1.21 bits per heavy atom. The summed E-state index contributed by atoms with van der Waals surface area (Å²) >= 11 is 11.8. The molecule has 1 aromatic carbocycles. The molecule has 2 heterocycles. The lowest BCUT2D eigenvalue weighted by molar-refractivity contribution is -0.117. The molecule has 2 aromatic rings. The van der Waals surface area contributed by atoms with Crippen molar-refractivity contribution in [3.05, 3.63) is 40.1 Å². The van der Waals surface area contributed by atoms with Crippen LogP contribution in [0.25, 0.3) is 5.69 Å². The lowest BCUT2D eigenvalue weighted by atomic mass is 10.3. The van der Waals surface area contributed by atoms with Crippen molar-refractivity contribution in [2.75, 3.05) is 29.0 Å². The molecule has 1 unspecified atom stereocenters. The molecule has 0 spiro atoms. The zero-order chi connectivity index (χ0) is 29.1. The molecule has 0 radical (unpaired) electrons. The highest BCUT2D eigenvalue weighted by Gasteiger charge is 2.65. The van der Waals surface area contributed by atoms with E-state index < -0.39 is 77.0 Å². The van der Waals surface area contributed by atoms with E-state index in [2.05, 4.69) is 10.4 Å². The Hall–Kier alpha value is -2.62. The molecule has 1 N–H and O–H groups in total. The van der Waals surface area contributed by atoms with Crippen molar-refractivity contribution in [3.8, 4) is 11.8 Å². The summed E-state index contributed by atoms with van der Waals surface area (Å²) in [5.74, 6) is -0.645. The molecule has 212 valence electrons. The topological polar surface area (TPSA) is 94.3 Å². The van der Waals surface area contributed by atoms with Gasteiger partial charge in [-0.1, -0.05) is 42.6 Å². The SMILES string of the molecule is CC(Nc1c(N(CC(F)(F)F)S(C)(=O)=O)c(C#N)nn1-c1c(Cl)cc(S(F)(F)(F)(F)F)cc1Cl)N1C=CC1. The molecule has 38 heavy (non-hydrogen) atoms. The van der Waals surface area contributed by atoms with Gasteiger partial charge in [-0.3, -0.25) is 4.31 Å². The number of nitriles is 1. The van der Waals surface area contributed by atoms with Crippen molar-refractivity contribution in [3.63, 3.8) is 0 Å². The molecular formula is C18H16Cl2F8N6O2S2. The zero-order valence-electron chi connectivity index (χ0n) is 18.9. The van der Waals surface area contributed by atoms with Crippen molar-refractivity contribution in [2.24, 2.45) is 0 Å². The average molecular weight is 635 g/mol. The van der Waals surface area contributed by atoms with E-state index in [1.54, 1.807) is 17.2 Å². The Balaban J connectivity index is 2.37. The van der Waals surface area contributed by atoms with Crippen LogP contribution in [-0.2, 0) is 10.0 Å². The second kappa shape index (κ2) is 8.69. The Bertz CT molecular complexity index is 1450. The van der Waals surface area contributed by atoms with Crippen LogP contribution >= 0.6 is 33.4 Å². The number of hydrogen-bond donors (Lipinski definition) is 1. The second-order valence-corrected chi connectivity index (χ2v) is 13.2. The van der Waals surface area contributed by atoms with Crippen LogP contribution in [0.3, 0.4) is 0 Å². The Labute approximate surface area is 220 Å². The van der Waals surface area contributed by atoms with Gasteiger partial charge < -0.3 is 10.2 Å². The van der Waals surface area contributed by atoms with Gasteiger partial charge in [-0.25, -0.2) is 13.1 Å². The Kier molecular flexibility index (Phi) is 6.85. The largest absolute Gasteiger partial charge is 0.407 e. The maximum atomic E-state index is 13.4. The fourth-order valence-corrected chi connectivity index (χ4v) is 5.64. The highest BCUT2D eigenvalue weighted by molar-refractivity contribution is 8.45. The van der Waals surface area contributed by atoms with Crippen molar-refractivity contribution in [1.82, 2.24) is 14.7 Å². The van der Waals surface area contributed by atoms with E-state index in [1.807, 2.05) is 0 Å². The average Bonchev–Trinajstić information content (AvgIpc) is 2.98. The summed E-state index contributed by atoms with van der Waals surface area (Å²) in [5.41, 5.74) is -2.58. The van der Waals surface area contributed by atoms with Gasteiger partial charge in [0.1, 0.15) is 28.9 Å². The minimum Gasteiger partial charge on any atom is -0.354 e. The molecule has 1 atom stereocenters. The number of halogens is 10. The predicted octanol–water partition coefficient (Wildman–Crippen LogP) is 6.62. The van der Waals surface area contributed by atoms with Crippen LogP contribution in [0.1, 0.15) is 12.6 Å². The second-order valence-electron chi connectivity index (χ2n) is 8.06.